The Kier molecular flexibility index (Phi) is 2.63. The first-order valence-electron chi connectivity index (χ1n) is 24.2. The number of benzene rings is 6. The van der Waals surface area contributed by atoms with Crippen LogP contribution in [0.25, 0.3) is 85.6 Å². The zero-order valence-electron chi connectivity index (χ0n) is 44.7. The highest BCUT2D eigenvalue weighted by Gasteiger charge is 2.19. The normalized spacial score (nSPS) is 19.0. The standard InChI is InChI=1S/C39H23N3S2/c1-2-11-24(12-3-1)26-13-4-5-16-31(26)38-40-37(25-21-22-29-27-14-6-8-19-33(27)43-35(29)23-25)41-39(42-38)32-18-10-17-30-28-15-7-9-20-34(28)44-36(30)32/h1-23H/i1D,2D,3D,4D,5D,6D,7D,8D,9D,10D,11D,12D,13D,14D,15D,16D,17D,18D,19D,20D,21D,22D,23D. The first-order chi connectivity index (χ1) is 31.4. The minimum atomic E-state index is -0.919. The van der Waals surface area contributed by atoms with Gasteiger partial charge in [0.1, 0.15) is 0 Å². The number of nitrogens with zero attached hydrogens (tertiary/aromatic N) is 3. The quantitative estimate of drug-likeness (QED) is 0.196. The fourth-order valence-corrected chi connectivity index (χ4v) is 6.68. The van der Waals surface area contributed by atoms with Crippen molar-refractivity contribution in [3.63, 3.8) is 0 Å². The molecule has 0 bridgehead atoms. The highest BCUT2D eigenvalue weighted by atomic mass is 32.1. The fourth-order valence-electron chi connectivity index (χ4n) is 4.65. The molecule has 0 aliphatic carbocycles. The van der Waals surface area contributed by atoms with E-state index in [4.69, 9.17) is 24.7 Å². The van der Waals surface area contributed by atoms with E-state index in [0.717, 1.165) is 0 Å². The molecule has 0 N–H and O–H groups in total. The van der Waals surface area contributed by atoms with E-state index in [2.05, 4.69) is 15.0 Å². The first-order valence-corrected chi connectivity index (χ1v) is 14.3. The van der Waals surface area contributed by atoms with E-state index in [1.54, 1.807) is 0 Å². The monoisotopic (exact) mass is 620 g/mol. The molecule has 5 heteroatoms. The highest BCUT2D eigenvalue weighted by Crippen LogP contribution is 2.41. The van der Waals surface area contributed by atoms with Crippen LogP contribution < -0.4 is 0 Å². The van der Waals surface area contributed by atoms with E-state index >= 15 is 0 Å². The maximum absolute atomic E-state index is 9.47. The van der Waals surface area contributed by atoms with Crippen molar-refractivity contribution in [1.82, 2.24) is 15.0 Å². The Morgan fingerprint density at radius 2 is 0.955 bits per heavy atom. The molecule has 0 radical (unpaired) electrons. The minimum Gasteiger partial charge on any atom is -0.208 e. The van der Waals surface area contributed by atoms with E-state index in [-0.39, 0.29) is 40.3 Å². The molecule has 9 rings (SSSR count). The Morgan fingerprint density at radius 3 is 1.77 bits per heavy atom. The van der Waals surface area contributed by atoms with Crippen LogP contribution in [0.5, 0.6) is 0 Å². The second kappa shape index (κ2) is 10.2. The summed E-state index contributed by atoms with van der Waals surface area (Å²) >= 11 is 1.40. The maximum atomic E-state index is 9.47. The predicted molar refractivity (Wildman–Crippen MR) is 187 cm³/mol. The van der Waals surface area contributed by atoms with Crippen LogP contribution in [0, 0.1) is 0 Å². The zero-order chi connectivity index (χ0) is 49.1. The summed E-state index contributed by atoms with van der Waals surface area (Å²) in [7, 11) is 0. The average molecular weight is 621 g/mol. The van der Waals surface area contributed by atoms with Crippen molar-refractivity contribution in [2.75, 3.05) is 0 Å². The molecule has 3 aromatic heterocycles. The van der Waals surface area contributed by atoms with Gasteiger partial charge in [0, 0.05) is 57.0 Å². The summed E-state index contributed by atoms with van der Waals surface area (Å²) < 4.78 is 200. The van der Waals surface area contributed by atoms with Crippen LogP contribution in [0.4, 0.5) is 0 Å². The third kappa shape index (κ3) is 4.13. The fraction of sp³-hybridized carbons (Fsp3) is 0. The van der Waals surface area contributed by atoms with Gasteiger partial charge in [-0.3, -0.25) is 0 Å². The van der Waals surface area contributed by atoms with Crippen LogP contribution in [-0.4, -0.2) is 15.0 Å². The molecule has 0 saturated carbocycles. The maximum Gasteiger partial charge on any atom is 0.165 e. The molecule has 6 aromatic carbocycles. The van der Waals surface area contributed by atoms with Gasteiger partial charge in [0.2, 0.25) is 0 Å². The van der Waals surface area contributed by atoms with Crippen molar-refractivity contribution >= 4 is 63.0 Å². The Balaban J connectivity index is 1.50. The number of hydrogen-bond acceptors (Lipinski definition) is 5. The second-order valence-electron chi connectivity index (χ2n) is 9.08. The highest BCUT2D eigenvalue weighted by molar-refractivity contribution is 7.26. The largest absolute Gasteiger partial charge is 0.208 e. The topological polar surface area (TPSA) is 38.7 Å². The van der Waals surface area contributed by atoms with E-state index in [0.29, 0.717) is 22.7 Å². The van der Waals surface area contributed by atoms with Gasteiger partial charge in [-0.05, 0) is 35.3 Å². The lowest BCUT2D eigenvalue weighted by atomic mass is 9.99. The molecule has 0 aliphatic rings. The molecule has 9 aromatic rings. The van der Waals surface area contributed by atoms with E-state index in [1.165, 1.54) is 0 Å². The van der Waals surface area contributed by atoms with Crippen molar-refractivity contribution in [1.29, 1.82) is 0 Å². The average Bonchev–Trinajstić information content (AvgIpc) is 3.91. The van der Waals surface area contributed by atoms with Crippen LogP contribution in [-0.2, 0) is 0 Å². The third-order valence-corrected chi connectivity index (χ3v) is 8.71. The van der Waals surface area contributed by atoms with Gasteiger partial charge in [-0.25, -0.2) is 15.0 Å². The van der Waals surface area contributed by atoms with Crippen LogP contribution >= 0.6 is 22.7 Å². The Hall–Kier alpha value is -5.23. The summed E-state index contributed by atoms with van der Waals surface area (Å²) in [5, 5.41) is -0.698. The van der Waals surface area contributed by atoms with Crippen molar-refractivity contribution < 1.29 is 31.5 Å². The van der Waals surface area contributed by atoms with Gasteiger partial charge in [0.05, 0.1) is 31.5 Å². The number of thiophene rings is 2. The van der Waals surface area contributed by atoms with Crippen molar-refractivity contribution in [2.45, 2.75) is 0 Å². The summed E-state index contributed by atoms with van der Waals surface area (Å²) in [5.41, 5.74) is -3.08. The van der Waals surface area contributed by atoms with E-state index in [9.17, 15) is 6.85 Å². The summed E-state index contributed by atoms with van der Waals surface area (Å²) in [4.78, 5) is 13.5. The van der Waals surface area contributed by atoms with Gasteiger partial charge in [-0.15, -0.1) is 22.7 Å². The lowest BCUT2D eigenvalue weighted by molar-refractivity contribution is 1.08. The minimum absolute atomic E-state index is 0.0428. The molecule has 44 heavy (non-hydrogen) atoms. The summed E-state index contributed by atoms with van der Waals surface area (Å²) in [6.45, 7) is 0. The number of fused-ring (bicyclic) bond motifs is 6. The molecule has 0 aliphatic heterocycles. The van der Waals surface area contributed by atoms with Gasteiger partial charge in [-0.1, -0.05) is 115 Å². The molecule has 206 valence electrons. The van der Waals surface area contributed by atoms with Gasteiger partial charge >= 0.3 is 0 Å². The van der Waals surface area contributed by atoms with E-state index < -0.39 is 184 Å². The first kappa shape index (κ1) is 11.4. The SMILES string of the molecule is [2H]c1c([2H])c([2H])c(-c2c([2H])c([2H])c([2H])c([2H])c2-c2nc(-c3c([2H])c([2H])c4c(sc5c([2H])c([2H])c([2H])c([2H])c54)c3[2H])nc(-c3c([2H])c([2H])c([2H])c4c3sc3c([2H])c([2H])c([2H])c([2H])c34)n2)c([2H])c1[2H]. The number of aromatic nitrogens is 3. The summed E-state index contributed by atoms with van der Waals surface area (Å²) in [6, 6.07) is -16.8. The molecule has 3 heterocycles. The molecule has 0 spiro atoms. The smallest absolute Gasteiger partial charge is 0.165 e. The Labute approximate surface area is 294 Å². The van der Waals surface area contributed by atoms with Crippen LogP contribution in [0.1, 0.15) is 31.5 Å². The third-order valence-electron chi connectivity index (χ3n) is 6.57. The molecular weight excluding hydrogens is 575 g/mol. The van der Waals surface area contributed by atoms with Crippen molar-refractivity contribution in [2.24, 2.45) is 0 Å². The Morgan fingerprint density at radius 1 is 0.386 bits per heavy atom. The second-order valence-corrected chi connectivity index (χ2v) is 11.1. The molecule has 0 amide bonds. The van der Waals surface area contributed by atoms with Gasteiger partial charge < -0.3 is 0 Å². The Bertz CT molecular complexity index is 3780. The molecule has 3 nitrogen and oxygen atoms in total. The summed E-state index contributed by atoms with van der Waals surface area (Å²) in [5.74, 6) is -2.11. The van der Waals surface area contributed by atoms with Crippen molar-refractivity contribution in [3.8, 4) is 45.3 Å². The lowest BCUT2D eigenvalue weighted by Crippen LogP contribution is -2.01. The van der Waals surface area contributed by atoms with Crippen LogP contribution in [0.3, 0.4) is 0 Å². The molecular formula is C39H23N3S2. The number of rotatable bonds is 4. The predicted octanol–water partition coefficient (Wildman–Crippen LogP) is 11.3. The molecule has 0 fully saturated rings. The number of hydrogen-bond donors (Lipinski definition) is 0. The molecule has 0 unspecified atom stereocenters. The zero-order valence-corrected chi connectivity index (χ0v) is 23.3. The van der Waals surface area contributed by atoms with Crippen LogP contribution in [0.2, 0.25) is 0 Å². The van der Waals surface area contributed by atoms with E-state index in [1.807, 2.05) is 0 Å². The van der Waals surface area contributed by atoms with Crippen LogP contribution in [0.15, 0.2) is 139 Å². The van der Waals surface area contributed by atoms with Gasteiger partial charge in [0.15, 0.2) is 17.5 Å². The van der Waals surface area contributed by atoms with Gasteiger partial charge in [-0.2, -0.15) is 0 Å². The molecule has 0 saturated heterocycles. The molecule has 0 atom stereocenters. The lowest BCUT2D eigenvalue weighted by Gasteiger charge is -2.12. The van der Waals surface area contributed by atoms with Crippen molar-refractivity contribution in [3.05, 3.63) is 139 Å². The summed E-state index contributed by atoms with van der Waals surface area (Å²) in [6.07, 6.45) is 0. The van der Waals surface area contributed by atoms with Gasteiger partial charge in [0.25, 0.3) is 0 Å².